The standard InChI is InChI=1S/C10H16N2O2S/c1-15(13,14)8-7-11-6-4-10-3-2-5-12-9-10/h2-3,5,9,11H,4,6-8H2,1H3. The van der Waals surface area contributed by atoms with Gasteiger partial charge < -0.3 is 5.32 Å². The van der Waals surface area contributed by atoms with Crippen LogP contribution in [0, 0.1) is 0 Å². The molecule has 0 atom stereocenters. The first-order chi connectivity index (χ1) is 7.08. The number of sulfone groups is 1. The Labute approximate surface area is 90.7 Å². The van der Waals surface area contributed by atoms with E-state index in [1.54, 1.807) is 6.20 Å². The molecule has 0 bridgehead atoms. The van der Waals surface area contributed by atoms with Crippen LogP contribution in [0.1, 0.15) is 5.56 Å². The molecule has 1 heterocycles. The predicted molar refractivity (Wildman–Crippen MR) is 60.5 cm³/mol. The van der Waals surface area contributed by atoms with Crippen LogP contribution in [0.3, 0.4) is 0 Å². The Morgan fingerprint density at radius 1 is 1.40 bits per heavy atom. The van der Waals surface area contributed by atoms with E-state index >= 15 is 0 Å². The van der Waals surface area contributed by atoms with E-state index in [0.717, 1.165) is 18.5 Å². The minimum absolute atomic E-state index is 0.194. The number of pyridine rings is 1. The SMILES string of the molecule is CS(=O)(=O)CCNCCc1cccnc1. The van der Waals surface area contributed by atoms with Crippen molar-refractivity contribution >= 4 is 9.84 Å². The van der Waals surface area contributed by atoms with Crippen molar-refractivity contribution in [2.45, 2.75) is 6.42 Å². The van der Waals surface area contributed by atoms with Crippen molar-refractivity contribution < 1.29 is 8.42 Å². The van der Waals surface area contributed by atoms with Gasteiger partial charge in [0.1, 0.15) is 9.84 Å². The van der Waals surface area contributed by atoms with Crippen molar-refractivity contribution in [2.75, 3.05) is 25.1 Å². The third-order valence-electron chi connectivity index (χ3n) is 1.96. The molecule has 0 amide bonds. The molecule has 0 saturated carbocycles. The molecular formula is C10H16N2O2S. The Hall–Kier alpha value is -0.940. The minimum atomic E-state index is -2.84. The fourth-order valence-corrected chi connectivity index (χ4v) is 1.68. The Morgan fingerprint density at radius 3 is 2.80 bits per heavy atom. The Balaban J connectivity index is 2.13. The van der Waals surface area contributed by atoms with E-state index in [1.165, 1.54) is 6.26 Å². The second-order valence-electron chi connectivity index (χ2n) is 3.49. The van der Waals surface area contributed by atoms with E-state index in [4.69, 9.17) is 0 Å². The fourth-order valence-electron chi connectivity index (χ4n) is 1.16. The predicted octanol–water partition coefficient (Wildman–Crippen LogP) is 0.258. The molecule has 4 nitrogen and oxygen atoms in total. The Bertz CT molecular complexity index is 376. The van der Waals surface area contributed by atoms with Crippen LogP contribution in [0.5, 0.6) is 0 Å². The van der Waals surface area contributed by atoms with E-state index in [-0.39, 0.29) is 5.75 Å². The van der Waals surface area contributed by atoms with Gasteiger partial charge in [0.2, 0.25) is 0 Å². The lowest BCUT2D eigenvalue weighted by atomic mass is 10.2. The molecule has 84 valence electrons. The third kappa shape index (κ3) is 6.19. The molecule has 0 aliphatic heterocycles. The van der Waals surface area contributed by atoms with Crippen LogP contribution >= 0.6 is 0 Å². The lowest BCUT2D eigenvalue weighted by Gasteiger charge is -2.03. The van der Waals surface area contributed by atoms with Crippen molar-refractivity contribution in [3.8, 4) is 0 Å². The molecule has 15 heavy (non-hydrogen) atoms. The van der Waals surface area contributed by atoms with Gasteiger partial charge in [-0.25, -0.2) is 8.42 Å². The number of hydrogen-bond donors (Lipinski definition) is 1. The van der Waals surface area contributed by atoms with Gasteiger partial charge in [0, 0.05) is 25.2 Å². The van der Waals surface area contributed by atoms with Crippen molar-refractivity contribution in [2.24, 2.45) is 0 Å². The maximum absolute atomic E-state index is 10.8. The van der Waals surface area contributed by atoms with Gasteiger partial charge in [0.05, 0.1) is 5.75 Å². The van der Waals surface area contributed by atoms with Crippen molar-refractivity contribution in [1.82, 2.24) is 10.3 Å². The monoisotopic (exact) mass is 228 g/mol. The van der Waals surface area contributed by atoms with Gasteiger partial charge in [-0.1, -0.05) is 6.07 Å². The summed E-state index contributed by atoms with van der Waals surface area (Å²) in [5, 5.41) is 3.08. The first-order valence-corrected chi connectivity index (χ1v) is 6.91. The lowest BCUT2D eigenvalue weighted by Crippen LogP contribution is -2.24. The molecule has 0 aliphatic rings. The lowest BCUT2D eigenvalue weighted by molar-refractivity contribution is 0.596. The summed E-state index contributed by atoms with van der Waals surface area (Å²) in [5.41, 5.74) is 1.16. The summed E-state index contributed by atoms with van der Waals surface area (Å²) in [6.07, 6.45) is 5.67. The average molecular weight is 228 g/mol. The molecule has 0 radical (unpaired) electrons. The van der Waals surface area contributed by atoms with E-state index < -0.39 is 9.84 Å². The highest BCUT2D eigenvalue weighted by Crippen LogP contribution is 1.95. The van der Waals surface area contributed by atoms with Crippen molar-refractivity contribution in [1.29, 1.82) is 0 Å². The summed E-state index contributed by atoms with van der Waals surface area (Å²) >= 11 is 0. The Morgan fingerprint density at radius 2 is 2.20 bits per heavy atom. The smallest absolute Gasteiger partial charge is 0.148 e. The third-order valence-corrected chi connectivity index (χ3v) is 2.91. The minimum Gasteiger partial charge on any atom is -0.315 e. The summed E-state index contributed by atoms with van der Waals surface area (Å²) in [7, 11) is -2.84. The second kappa shape index (κ2) is 5.82. The molecule has 1 aromatic rings. The van der Waals surface area contributed by atoms with Gasteiger partial charge in [-0.05, 0) is 24.6 Å². The molecule has 1 N–H and O–H groups in total. The highest BCUT2D eigenvalue weighted by Gasteiger charge is 2.00. The molecule has 0 spiro atoms. The van der Waals surface area contributed by atoms with Crippen LogP contribution in [-0.2, 0) is 16.3 Å². The maximum atomic E-state index is 10.8. The largest absolute Gasteiger partial charge is 0.315 e. The highest BCUT2D eigenvalue weighted by molar-refractivity contribution is 7.90. The van der Waals surface area contributed by atoms with Crippen LogP contribution < -0.4 is 5.32 Å². The van der Waals surface area contributed by atoms with Crippen LogP contribution in [0.15, 0.2) is 24.5 Å². The zero-order chi connectivity index (χ0) is 11.1. The van der Waals surface area contributed by atoms with Crippen LogP contribution in [0.2, 0.25) is 0 Å². The normalized spacial score (nSPS) is 11.5. The van der Waals surface area contributed by atoms with Gasteiger partial charge in [-0.3, -0.25) is 4.98 Å². The van der Waals surface area contributed by atoms with Gasteiger partial charge >= 0.3 is 0 Å². The molecule has 0 aromatic carbocycles. The van der Waals surface area contributed by atoms with E-state index in [2.05, 4.69) is 10.3 Å². The molecular weight excluding hydrogens is 212 g/mol. The van der Waals surface area contributed by atoms with Gasteiger partial charge in [0.15, 0.2) is 0 Å². The van der Waals surface area contributed by atoms with Crippen LogP contribution in [0.4, 0.5) is 0 Å². The average Bonchev–Trinajstić information content (AvgIpc) is 2.17. The number of nitrogens with one attached hydrogen (secondary N) is 1. The summed E-state index contributed by atoms with van der Waals surface area (Å²) in [6.45, 7) is 1.29. The van der Waals surface area contributed by atoms with E-state index in [1.807, 2.05) is 18.3 Å². The van der Waals surface area contributed by atoms with E-state index in [0.29, 0.717) is 6.54 Å². The molecule has 0 unspecified atom stereocenters. The molecule has 5 heteroatoms. The number of nitrogens with zero attached hydrogens (tertiary/aromatic N) is 1. The molecule has 1 rings (SSSR count). The molecule has 1 aromatic heterocycles. The summed E-state index contributed by atoms with van der Waals surface area (Å²) < 4.78 is 21.6. The maximum Gasteiger partial charge on any atom is 0.148 e. The van der Waals surface area contributed by atoms with Gasteiger partial charge in [0.25, 0.3) is 0 Å². The first kappa shape index (κ1) is 12.1. The van der Waals surface area contributed by atoms with Crippen molar-refractivity contribution in [3.05, 3.63) is 30.1 Å². The zero-order valence-corrected chi connectivity index (χ0v) is 9.63. The summed E-state index contributed by atoms with van der Waals surface area (Å²) in [4.78, 5) is 4.00. The quantitative estimate of drug-likeness (QED) is 0.709. The van der Waals surface area contributed by atoms with Gasteiger partial charge in [-0.2, -0.15) is 0 Å². The zero-order valence-electron chi connectivity index (χ0n) is 8.81. The molecule has 0 fully saturated rings. The van der Waals surface area contributed by atoms with Gasteiger partial charge in [-0.15, -0.1) is 0 Å². The van der Waals surface area contributed by atoms with E-state index in [9.17, 15) is 8.42 Å². The Kier molecular flexibility index (Phi) is 4.71. The van der Waals surface area contributed by atoms with Crippen LogP contribution in [0.25, 0.3) is 0 Å². The van der Waals surface area contributed by atoms with Crippen molar-refractivity contribution in [3.63, 3.8) is 0 Å². The summed E-state index contributed by atoms with van der Waals surface area (Å²) in [5.74, 6) is 0.194. The topological polar surface area (TPSA) is 59.1 Å². The fraction of sp³-hybridized carbons (Fsp3) is 0.500. The number of aromatic nitrogens is 1. The summed E-state index contributed by atoms with van der Waals surface area (Å²) in [6, 6.07) is 3.90. The van der Waals surface area contributed by atoms with Crippen LogP contribution in [-0.4, -0.2) is 38.5 Å². The number of hydrogen-bond acceptors (Lipinski definition) is 4. The molecule has 0 saturated heterocycles. The second-order valence-corrected chi connectivity index (χ2v) is 5.75. The first-order valence-electron chi connectivity index (χ1n) is 4.85. The molecule has 0 aliphatic carbocycles. The number of rotatable bonds is 6. The highest BCUT2D eigenvalue weighted by atomic mass is 32.2.